The quantitative estimate of drug-likeness (QED) is 0.598. The van der Waals surface area contributed by atoms with Gasteiger partial charge < -0.3 is 0 Å². The van der Waals surface area contributed by atoms with Crippen LogP contribution in [0.25, 0.3) is 0 Å². The van der Waals surface area contributed by atoms with Crippen molar-refractivity contribution in [3.05, 3.63) is 11.1 Å². The summed E-state index contributed by atoms with van der Waals surface area (Å²) in [5.74, 6) is 0. The SMILES string of the molecule is CCCCCc1csc(NS(=O)(=O)O)n1. The molecule has 0 radical (unpaired) electrons. The lowest BCUT2D eigenvalue weighted by Crippen LogP contribution is -2.10. The van der Waals surface area contributed by atoms with Gasteiger partial charge in [0.05, 0.1) is 5.69 Å². The van der Waals surface area contributed by atoms with Crippen LogP contribution in [0.5, 0.6) is 0 Å². The monoisotopic (exact) mass is 250 g/mol. The number of nitrogens with zero attached hydrogens (tertiary/aromatic N) is 1. The minimum absolute atomic E-state index is 0.212. The number of unbranched alkanes of at least 4 members (excludes halogenated alkanes) is 2. The van der Waals surface area contributed by atoms with E-state index in [1.807, 2.05) is 4.72 Å². The Hall–Kier alpha value is -0.660. The Balaban J connectivity index is 2.49. The van der Waals surface area contributed by atoms with Crippen LogP contribution in [0, 0.1) is 0 Å². The van der Waals surface area contributed by atoms with E-state index in [9.17, 15) is 8.42 Å². The topological polar surface area (TPSA) is 79.3 Å². The molecule has 7 heteroatoms. The number of hydrogen-bond donors (Lipinski definition) is 2. The normalized spacial score (nSPS) is 11.6. The summed E-state index contributed by atoms with van der Waals surface area (Å²) in [4.78, 5) is 4.04. The largest absolute Gasteiger partial charge is 0.359 e. The zero-order valence-corrected chi connectivity index (χ0v) is 10.1. The van der Waals surface area contributed by atoms with Gasteiger partial charge in [-0.15, -0.1) is 11.3 Å². The van der Waals surface area contributed by atoms with Gasteiger partial charge in [0.2, 0.25) is 0 Å². The van der Waals surface area contributed by atoms with Gasteiger partial charge >= 0.3 is 10.3 Å². The lowest BCUT2D eigenvalue weighted by molar-refractivity contribution is 0.489. The lowest BCUT2D eigenvalue weighted by Gasteiger charge is -1.96. The molecule has 5 nitrogen and oxygen atoms in total. The van der Waals surface area contributed by atoms with Crippen molar-refractivity contribution in [2.24, 2.45) is 0 Å². The van der Waals surface area contributed by atoms with E-state index in [2.05, 4.69) is 11.9 Å². The third-order valence-corrected chi connectivity index (χ3v) is 3.19. The van der Waals surface area contributed by atoms with Crippen LogP contribution >= 0.6 is 11.3 Å². The van der Waals surface area contributed by atoms with Gasteiger partial charge in [0.1, 0.15) is 0 Å². The van der Waals surface area contributed by atoms with Crippen molar-refractivity contribution < 1.29 is 13.0 Å². The third-order valence-electron chi connectivity index (χ3n) is 1.80. The van der Waals surface area contributed by atoms with Gasteiger partial charge in [-0.05, 0) is 12.8 Å². The molecule has 0 spiro atoms. The molecular weight excluding hydrogens is 236 g/mol. The van der Waals surface area contributed by atoms with Crippen LogP contribution in [0.3, 0.4) is 0 Å². The standard InChI is InChI=1S/C8H14N2O3S2/c1-2-3-4-5-7-6-14-8(9-7)10-15(11,12)13/h6H,2-5H2,1H3,(H,9,10)(H,11,12,13). The average Bonchev–Trinajstić information content (AvgIpc) is 2.50. The molecular formula is C8H14N2O3S2. The fraction of sp³-hybridized carbons (Fsp3) is 0.625. The van der Waals surface area contributed by atoms with Crippen LogP contribution in [0.15, 0.2) is 5.38 Å². The molecule has 1 rings (SSSR count). The van der Waals surface area contributed by atoms with Crippen molar-refractivity contribution >= 4 is 26.8 Å². The number of aryl methyl sites for hydroxylation is 1. The number of thiazole rings is 1. The second kappa shape index (κ2) is 5.43. The maximum absolute atomic E-state index is 10.5. The van der Waals surface area contributed by atoms with Gasteiger partial charge in [-0.25, -0.2) is 9.71 Å². The zero-order chi connectivity index (χ0) is 11.3. The van der Waals surface area contributed by atoms with E-state index in [0.717, 1.165) is 31.4 Å². The van der Waals surface area contributed by atoms with Gasteiger partial charge in [0.25, 0.3) is 0 Å². The highest BCUT2D eigenvalue weighted by Crippen LogP contribution is 2.17. The van der Waals surface area contributed by atoms with Gasteiger partial charge in [0.15, 0.2) is 5.13 Å². The number of nitrogens with one attached hydrogen (secondary N) is 1. The van der Waals surface area contributed by atoms with E-state index >= 15 is 0 Å². The molecule has 15 heavy (non-hydrogen) atoms. The van der Waals surface area contributed by atoms with Crippen LogP contribution in [-0.2, 0) is 16.7 Å². The molecule has 0 aromatic carbocycles. The zero-order valence-electron chi connectivity index (χ0n) is 8.43. The molecule has 0 saturated carbocycles. The first-order valence-corrected chi connectivity index (χ1v) is 7.03. The molecule has 0 aliphatic carbocycles. The van der Waals surface area contributed by atoms with Crippen molar-refractivity contribution in [1.82, 2.24) is 4.98 Å². The maximum atomic E-state index is 10.5. The van der Waals surface area contributed by atoms with E-state index in [1.165, 1.54) is 11.3 Å². The van der Waals surface area contributed by atoms with E-state index in [1.54, 1.807) is 5.38 Å². The van der Waals surface area contributed by atoms with E-state index < -0.39 is 10.3 Å². The summed E-state index contributed by atoms with van der Waals surface area (Å²) in [5, 5.41) is 2.01. The first-order chi connectivity index (χ1) is 7.01. The fourth-order valence-corrected chi connectivity index (χ4v) is 2.50. The van der Waals surface area contributed by atoms with Crippen molar-refractivity contribution in [3.8, 4) is 0 Å². The molecule has 0 bridgehead atoms. The summed E-state index contributed by atoms with van der Waals surface area (Å²) in [6.45, 7) is 2.12. The summed E-state index contributed by atoms with van der Waals surface area (Å²) in [7, 11) is -4.19. The molecule has 0 saturated heterocycles. The smallest absolute Gasteiger partial charge is 0.269 e. The Morgan fingerprint density at radius 3 is 2.87 bits per heavy atom. The Kier molecular flexibility index (Phi) is 4.49. The highest BCUT2D eigenvalue weighted by Gasteiger charge is 2.07. The molecule has 1 aromatic rings. The number of aromatic nitrogens is 1. The minimum Gasteiger partial charge on any atom is -0.269 e. The number of hydrogen-bond acceptors (Lipinski definition) is 4. The van der Waals surface area contributed by atoms with Crippen molar-refractivity contribution in [1.29, 1.82) is 0 Å². The molecule has 1 aromatic heterocycles. The minimum atomic E-state index is -4.19. The predicted octanol–water partition coefficient (Wildman–Crippen LogP) is 2.09. The average molecular weight is 250 g/mol. The number of anilines is 1. The number of rotatable bonds is 6. The van der Waals surface area contributed by atoms with Crippen LogP contribution in [0.1, 0.15) is 31.9 Å². The Bertz CT molecular complexity index is 400. The molecule has 2 N–H and O–H groups in total. The van der Waals surface area contributed by atoms with Gasteiger partial charge in [-0.3, -0.25) is 4.55 Å². The van der Waals surface area contributed by atoms with Gasteiger partial charge in [-0.1, -0.05) is 19.8 Å². The van der Waals surface area contributed by atoms with Crippen molar-refractivity contribution in [2.45, 2.75) is 32.6 Å². The summed E-state index contributed by atoms with van der Waals surface area (Å²) in [6, 6.07) is 0. The molecule has 0 aliphatic heterocycles. The maximum Gasteiger partial charge on any atom is 0.359 e. The second-order valence-corrected chi connectivity index (χ2v) is 5.19. The summed E-state index contributed by atoms with van der Waals surface area (Å²) >= 11 is 1.17. The van der Waals surface area contributed by atoms with Crippen LogP contribution in [0.2, 0.25) is 0 Å². The highest BCUT2D eigenvalue weighted by atomic mass is 32.2. The third kappa shape index (κ3) is 5.10. The molecule has 0 atom stereocenters. The Labute approximate surface area is 93.4 Å². The van der Waals surface area contributed by atoms with Gasteiger partial charge in [0, 0.05) is 5.38 Å². The van der Waals surface area contributed by atoms with Crippen molar-refractivity contribution in [3.63, 3.8) is 0 Å². The van der Waals surface area contributed by atoms with Crippen LogP contribution < -0.4 is 4.72 Å². The Morgan fingerprint density at radius 2 is 2.27 bits per heavy atom. The van der Waals surface area contributed by atoms with Crippen LogP contribution in [-0.4, -0.2) is 18.0 Å². The Morgan fingerprint density at radius 1 is 1.53 bits per heavy atom. The van der Waals surface area contributed by atoms with E-state index in [0.29, 0.717) is 0 Å². The van der Waals surface area contributed by atoms with Crippen molar-refractivity contribution in [2.75, 3.05) is 4.72 Å². The molecule has 0 unspecified atom stereocenters. The first kappa shape index (κ1) is 12.4. The molecule has 0 aliphatic rings. The van der Waals surface area contributed by atoms with E-state index in [4.69, 9.17) is 4.55 Å². The second-order valence-electron chi connectivity index (χ2n) is 3.18. The summed E-state index contributed by atoms with van der Waals surface area (Å²) < 4.78 is 31.4. The molecule has 0 amide bonds. The fourth-order valence-electron chi connectivity index (χ4n) is 1.14. The lowest BCUT2D eigenvalue weighted by atomic mass is 10.2. The first-order valence-electron chi connectivity index (χ1n) is 4.71. The molecule has 0 fully saturated rings. The molecule has 86 valence electrons. The van der Waals surface area contributed by atoms with E-state index in [-0.39, 0.29) is 5.13 Å². The predicted molar refractivity (Wildman–Crippen MR) is 60.5 cm³/mol. The van der Waals surface area contributed by atoms with Gasteiger partial charge in [-0.2, -0.15) is 8.42 Å². The summed E-state index contributed by atoms with van der Waals surface area (Å²) in [6.07, 6.45) is 4.17. The molecule has 1 heterocycles. The highest BCUT2D eigenvalue weighted by molar-refractivity contribution is 7.87. The summed E-state index contributed by atoms with van der Waals surface area (Å²) in [5.41, 5.74) is 0.861. The van der Waals surface area contributed by atoms with Crippen LogP contribution in [0.4, 0.5) is 5.13 Å².